The van der Waals surface area contributed by atoms with Gasteiger partial charge in [-0.1, -0.05) is 30.3 Å². The van der Waals surface area contributed by atoms with E-state index in [2.05, 4.69) is 21.9 Å². The number of piperidine rings is 1. The fourth-order valence-corrected chi connectivity index (χ4v) is 5.13. The largest absolute Gasteiger partial charge is 0.495 e. The molecule has 0 aliphatic carbocycles. The first-order valence-electron chi connectivity index (χ1n) is 11.9. The number of amides is 1. The molecule has 2 aromatic carbocycles. The number of anilines is 1. The molecule has 2 aromatic rings. The van der Waals surface area contributed by atoms with Crippen LogP contribution in [-0.4, -0.2) is 87.1 Å². The van der Waals surface area contributed by atoms with Crippen molar-refractivity contribution < 1.29 is 19.0 Å². The Morgan fingerprint density at radius 3 is 2.39 bits per heavy atom. The van der Waals surface area contributed by atoms with E-state index in [9.17, 15) is 4.79 Å². The van der Waals surface area contributed by atoms with Gasteiger partial charge in [-0.25, -0.2) is 0 Å². The second-order valence-corrected chi connectivity index (χ2v) is 9.08. The summed E-state index contributed by atoms with van der Waals surface area (Å²) in [6.07, 6.45) is 1.53. The molecule has 0 bridgehead atoms. The number of para-hydroxylation sites is 2. The number of hydrogen-bond donors (Lipinski definition) is 0. The number of rotatable bonds is 5. The maximum atomic E-state index is 12.7. The Bertz CT molecular complexity index is 938. The van der Waals surface area contributed by atoms with Crippen molar-refractivity contribution in [3.63, 3.8) is 0 Å². The van der Waals surface area contributed by atoms with E-state index in [1.54, 1.807) is 7.11 Å². The average Bonchev–Trinajstić information content (AvgIpc) is 3.26. The summed E-state index contributed by atoms with van der Waals surface area (Å²) < 4.78 is 18.1. The van der Waals surface area contributed by atoms with Crippen LogP contribution in [0.25, 0.3) is 0 Å². The van der Waals surface area contributed by atoms with Crippen LogP contribution in [-0.2, 0) is 9.47 Å². The van der Waals surface area contributed by atoms with Crippen LogP contribution in [0.3, 0.4) is 0 Å². The third-order valence-corrected chi connectivity index (χ3v) is 7.01. The lowest BCUT2D eigenvalue weighted by atomic mass is 10.0. The summed E-state index contributed by atoms with van der Waals surface area (Å²) in [6.45, 7) is 6.75. The van der Waals surface area contributed by atoms with Gasteiger partial charge in [-0.05, 0) is 24.3 Å². The van der Waals surface area contributed by atoms with Crippen LogP contribution in [0.4, 0.5) is 5.69 Å². The van der Waals surface area contributed by atoms with Crippen LogP contribution in [0.15, 0.2) is 54.6 Å². The van der Waals surface area contributed by atoms with Gasteiger partial charge in [0.1, 0.15) is 5.75 Å². The lowest BCUT2D eigenvalue weighted by Crippen LogP contribution is -2.50. The minimum Gasteiger partial charge on any atom is -0.495 e. The van der Waals surface area contributed by atoms with Gasteiger partial charge in [0, 0.05) is 64.2 Å². The average molecular weight is 452 g/mol. The van der Waals surface area contributed by atoms with Gasteiger partial charge in [-0.15, -0.1) is 0 Å². The van der Waals surface area contributed by atoms with Crippen molar-refractivity contribution in [1.29, 1.82) is 0 Å². The van der Waals surface area contributed by atoms with Crippen LogP contribution in [0, 0.1) is 0 Å². The van der Waals surface area contributed by atoms with Gasteiger partial charge >= 0.3 is 0 Å². The van der Waals surface area contributed by atoms with Crippen molar-refractivity contribution >= 4 is 11.6 Å². The number of likely N-dealkylation sites (tertiary alicyclic amines) is 1. The van der Waals surface area contributed by atoms with Gasteiger partial charge in [-0.2, -0.15) is 0 Å². The van der Waals surface area contributed by atoms with Crippen molar-refractivity contribution in [3.05, 3.63) is 60.2 Å². The number of hydrogen-bond acceptors (Lipinski definition) is 6. The Morgan fingerprint density at radius 2 is 1.67 bits per heavy atom. The highest BCUT2D eigenvalue weighted by Gasteiger charge is 2.45. The maximum absolute atomic E-state index is 12.7. The molecule has 3 heterocycles. The topological polar surface area (TPSA) is 54.5 Å². The van der Waals surface area contributed by atoms with Gasteiger partial charge in [0.05, 0.1) is 25.5 Å². The van der Waals surface area contributed by atoms with E-state index in [1.807, 2.05) is 47.4 Å². The van der Waals surface area contributed by atoms with Crippen molar-refractivity contribution in [2.24, 2.45) is 0 Å². The van der Waals surface area contributed by atoms with Crippen molar-refractivity contribution in [2.75, 3.05) is 64.4 Å². The molecular formula is C26H33N3O4. The fraction of sp³-hybridized carbons (Fsp3) is 0.500. The van der Waals surface area contributed by atoms with Crippen LogP contribution in [0.5, 0.6) is 5.75 Å². The molecule has 0 radical (unpaired) electrons. The number of ether oxygens (including phenoxy) is 3. The zero-order chi connectivity index (χ0) is 22.7. The number of benzene rings is 2. The molecule has 7 heteroatoms. The lowest BCUT2D eigenvalue weighted by Gasteiger charge is -2.39. The Hall–Kier alpha value is -2.61. The summed E-state index contributed by atoms with van der Waals surface area (Å²) in [5.74, 6) is 0.489. The smallest absolute Gasteiger partial charge is 0.253 e. The number of carbonyl (C=O) groups is 1. The highest BCUT2D eigenvalue weighted by molar-refractivity contribution is 5.94. The molecule has 0 aromatic heterocycles. The minimum absolute atomic E-state index is 0.0826. The predicted octanol–water partition coefficient (Wildman–Crippen LogP) is 2.87. The van der Waals surface area contributed by atoms with Crippen LogP contribution in [0.2, 0.25) is 0 Å². The molecule has 3 aliphatic rings. The van der Waals surface area contributed by atoms with E-state index in [0.29, 0.717) is 19.7 Å². The molecule has 0 saturated carbocycles. The SMILES string of the molecule is COc1ccccc1N1CCN(CC2COC3(CCN(C(=O)c4ccccc4)CC3)O2)CC1. The quantitative estimate of drug-likeness (QED) is 0.697. The Labute approximate surface area is 195 Å². The Balaban J connectivity index is 1.09. The molecule has 1 unspecified atom stereocenters. The van der Waals surface area contributed by atoms with Crippen LogP contribution < -0.4 is 9.64 Å². The maximum Gasteiger partial charge on any atom is 0.253 e. The van der Waals surface area contributed by atoms with E-state index in [4.69, 9.17) is 14.2 Å². The van der Waals surface area contributed by atoms with Gasteiger partial charge in [-0.3, -0.25) is 9.69 Å². The number of piperazine rings is 1. The summed E-state index contributed by atoms with van der Waals surface area (Å²) in [7, 11) is 1.73. The normalized spacial score (nSPS) is 23.1. The summed E-state index contributed by atoms with van der Waals surface area (Å²) in [5, 5.41) is 0. The van der Waals surface area contributed by atoms with Gasteiger partial charge < -0.3 is 24.0 Å². The van der Waals surface area contributed by atoms with E-state index in [0.717, 1.165) is 62.6 Å². The van der Waals surface area contributed by atoms with Crippen LogP contribution in [0.1, 0.15) is 23.2 Å². The molecule has 1 amide bonds. The van der Waals surface area contributed by atoms with Gasteiger partial charge in [0.25, 0.3) is 5.91 Å². The van der Waals surface area contributed by atoms with Crippen molar-refractivity contribution in [3.8, 4) is 5.75 Å². The zero-order valence-electron chi connectivity index (χ0n) is 19.3. The van der Waals surface area contributed by atoms with Crippen molar-refractivity contribution in [1.82, 2.24) is 9.80 Å². The third kappa shape index (κ3) is 4.86. The zero-order valence-corrected chi connectivity index (χ0v) is 19.3. The second-order valence-electron chi connectivity index (χ2n) is 9.08. The number of nitrogens with zero attached hydrogens (tertiary/aromatic N) is 3. The minimum atomic E-state index is -0.530. The van der Waals surface area contributed by atoms with E-state index in [1.165, 1.54) is 0 Å². The molecule has 1 atom stereocenters. The molecule has 3 fully saturated rings. The Kier molecular flexibility index (Phi) is 6.53. The summed E-state index contributed by atoms with van der Waals surface area (Å²) >= 11 is 0. The first-order valence-corrected chi connectivity index (χ1v) is 11.9. The Morgan fingerprint density at radius 1 is 0.970 bits per heavy atom. The van der Waals surface area contributed by atoms with Gasteiger partial charge in [0.2, 0.25) is 0 Å². The summed E-state index contributed by atoms with van der Waals surface area (Å²) in [4.78, 5) is 19.5. The summed E-state index contributed by atoms with van der Waals surface area (Å²) in [5.41, 5.74) is 1.91. The van der Waals surface area contributed by atoms with Gasteiger partial charge in [0.15, 0.2) is 5.79 Å². The molecule has 1 spiro atoms. The first-order chi connectivity index (χ1) is 16.2. The van der Waals surface area contributed by atoms with E-state index >= 15 is 0 Å². The highest BCUT2D eigenvalue weighted by atomic mass is 16.7. The van der Waals surface area contributed by atoms with E-state index < -0.39 is 5.79 Å². The molecule has 33 heavy (non-hydrogen) atoms. The lowest BCUT2D eigenvalue weighted by molar-refractivity contribution is -0.192. The first kappa shape index (κ1) is 22.2. The standard InChI is InChI=1S/C26H33N3O4/c1-31-24-10-6-5-9-23(24)28-17-15-27(16-18-28)19-22-20-32-26(33-22)11-13-29(14-12-26)25(30)21-7-3-2-4-8-21/h2-10,22H,11-20H2,1H3. The van der Waals surface area contributed by atoms with Crippen molar-refractivity contribution in [2.45, 2.75) is 24.7 Å². The molecule has 3 aliphatic heterocycles. The third-order valence-electron chi connectivity index (χ3n) is 7.01. The molecule has 3 saturated heterocycles. The molecule has 0 N–H and O–H groups in total. The van der Waals surface area contributed by atoms with Crippen LogP contribution >= 0.6 is 0 Å². The fourth-order valence-electron chi connectivity index (χ4n) is 5.13. The second kappa shape index (κ2) is 9.71. The highest BCUT2D eigenvalue weighted by Crippen LogP contribution is 2.35. The van der Waals surface area contributed by atoms with E-state index in [-0.39, 0.29) is 12.0 Å². The predicted molar refractivity (Wildman–Crippen MR) is 127 cm³/mol. The number of carbonyl (C=O) groups excluding carboxylic acids is 1. The molecule has 176 valence electrons. The molecular weight excluding hydrogens is 418 g/mol. The summed E-state index contributed by atoms with van der Waals surface area (Å²) in [6, 6.07) is 17.7. The number of methoxy groups -OCH3 is 1. The molecule has 5 rings (SSSR count). The monoisotopic (exact) mass is 451 g/mol. The molecule has 7 nitrogen and oxygen atoms in total.